The first-order valence-corrected chi connectivity index (χ1v) is 9.02. The van der Waals surface area contributed by atoms with Crippen LogP contribution < -0.4 is 15.4 Å². The molecule has 3 rings (SSSR count). The third-order valence-corrected chi connectivity index (χ3v) is 3.70. The smallest absolute Gasteiger partial charge is 0.196 e. The van der Waals surface area contributed by atoms with Gasteiger partial charge in [0.1, 0.15) is 11.5 Å². The van der Waals surface area contributed by atoms with Crippen molar-refractivity contribution in [1.29, 1.82) is 0 Å². The second kappa shape index (κ2) is 11.4. The van der Waals surface area contributed by atoms with Crippen molar-refractivity contribution >= 4 is 35.6 Å². The number of nitrogens with zero attached hydrogens (tertiary/aromatic N) is 2. The Kier molecular flexibility index (Phi) is 8.86. The summed E-state index contributed by atoms with van der Waals surface area (Å²) < 4.78 is 11.1. The molecule has 7 nitrogen and oxygen atoms in total. The summed E-state index contributed by atoms with van der Waals surface area (Å²) in [5, 5.41) is 13.5. The summed E-state index contributed by atoms with van der Waals surface area (Å²) in [6.45, 7) is 5.23. The zero-order valence-corrected chi connectivity index (χ0v) is 18.3. The first-order valence-electron chi connectivity index (χ1n) is 9.02. The predicted molar refractivity (Wildman–Crippen MR) is 121 cm³/mol. The summed E-state index contributed by atoms with van der Waals surface area (Å²) >= 11 is 0. The van der Waals surface area contributed by atoms with Crippen LogP contribution in [0, 0.1) is 0 Å². The van der Waals surface area contributed by atoms with E-state index < -0.39 is 0 Å². The molecule has 2 heterocycles. The molecule has 0 saturated heterocycles. The van der Waals surface area contributed by atoms with Crippen molar-refractivity contribution in [1.82, 2.24) is 15.5 Å². The van der Waals surface area contributed by atoms with E-state index in [9.17, 15) is 0 Å². The number of H-pyrrole nitrogens is 1. The maximum Gasteiger partial charge on any atom is 0.196 e. The van der Waals surface area contributed by atoms with Crippen molar-refractivity contribution in [2.45, 2.75) is 32.9 Å². The summed E-state index contributed by atoms with van der Waals surface area (Å²) in [4.78, 5) is 4.61. The first-order chi connectivity index (χ1) is 13.2. The van der Waals surface area contributed by atoms with Crippen LogP contribution in [0.25, 0.3) is 0 Å². The highest BCUT2D eigenvalue weighted by Crippen LogP contribution is 2.17. The fourth-order valence-electron chi connectivity index (χ4n) is 2.46. The minimum absolute atomic E-state index is 0. The molecule has 28 heavy (non-hydrogen) atoms. The van der Waals surface area contributed by atoms with Gasteiger partial charge >= 0.3 is 0 Å². The molecule has 0 aliphatic carbocycles. The summed E-state index contributed by atoms with van der Waals surface area (Å²) in [6.07, 6.45) is 4.33. The van der Waals surface area contributed by atoms with E-state index in [2.05, 4.69) is 25.8 Å². The highest BCUT2D eigenvalue weighted by atomic mass is 127. The van der Waals surface area contributed by atoms with Crippen molar-refractivity contribution in [2.24, 2.45) is 4.99 Å². The number of halogens is 1. The average Bonchev–Trinajstić information content (AvgIpc) is 3.34. The molecule has 0 radical (unpaired) electrons. The van der Waals surface area contributed by atoms with Crippen LogP contribution in [-0.4, -0.2) is 28.8 Å². The summed E-state index contributed by atoms with van der Waals surface area (Å²) in [5.74, 6) is 2.47. The molecule has 2 aromatic heterocycles. The third kappa shape index (κ3) is 7.26. The fraction of sp³-hybridized carbons (Fsp3) is 0.300. The Labute approximate surface area is 182 Å². The highest BCUT2D eigenvalue weighted by Gasteiger charge is 2.04. The SMILES string of the molecule is CC(C)Oc1ccc(NC(=NCc2ccn[nH]2)NCCc2ccco2)cc1.I. The van der Waals surface area contributed by atoms with Crippen molar-refractivity contribution in [3.8, 4) is 5.75 Å². The minimum Gasteiger partial charge on any atom is -0.491 e. The molecule has 3 aromatic rings. The highest BCUT2D eigenvalue weighted by molar-refractivity contribution is 14.0. The van der Waals surface area contributed by atoms with E-state index in [1.54, 1.807) is 12.5 Å². The molecule has 0 spiro atoms. The fourth-order valence-corrected chi connectivity index (χ4v) is 2.46. The molecule has 0 amide bonds. The topological polar surface area (TPSA) is 87.5 Å². The van der Waals surface area contributed by atoms with E-state index in [0.717, 1.165) is 29.3 Å². The molecular formula is C20H26IN5O2. The van der Waals surface area contributed by atoms with Crippen LogP contribution in [0.5, 0.6) is 5.75 Å². The van der Waals surface area contributed by atoms with Crippen LogP contribution in [0.2, 0.25) is 0 Å². The Morgan fingerprint density at radius 1 is 1.21 bits per heavy atom. The van der Waals surface area contributed by atoms with E-state index in [1.165, 1.54) is 0 Å². The molecule has 0 unspecified atom stereocenters. The summed E-state index contributed by atoms with van der Waals surface area (Å²) in [6, 6.07) is 13.6. The van der Waals surface area contributed by atoms with Gasteiger partial charge in [-0.25, -0.2) is 4.99 Å². The van der Waals surface area contributed by atoms with Gasteiger partial charge in [-0.05, 0) is 56.3 Å². The van der Waals surface area contributed by atoms with E-state index in [-0.39, 0.29) is 30.1 Å². The van der Waals surface area contributed by atoms with Gasteiger partial charge in [0.25, 0.3) is 0 Å². The lowest BCUT2D eigenvalue weighted by Gasteiger charge is -2.14. The van der Waals surface area contributed by atoms with Gasteiger partial charge in [-0.2, -0.15) is 5.10 Å². The molecule has 1 aromatic carbocycles. The maximum atomic E-state index is 5.68. The van der Waals surface area contributed by atoms with Crippen molar-refractivity contribution in [2.75, 3.05) is 11.9 Å². The number of guanidine groups is 1. The van der Waals surface area contributed by atoms with Gasteiger partial charge in [0.15, 0.2) is 5.96 Å². The van der Waals surface area contributed by atoms with Gasteiger partial charge in [0.05, 0.1) is 24.6 Å². The van der Waals surface area contributed by atoms with Crippen LogP contribution >= 0.6 is 24.0 Å². The third-order valence-electron chi connectivity index (χ3n) is 3.70. The number of anilines is 1. The van der Waals surface area contributed by atoms with Gasteiger partial charge < -0.3 is 19.8 Å². The predicted octanol–water partition coefficient (Wildman–Crippen LogP) is 4.21. The number of furan rings is 1. The molecule has 150 valence electrons. The van der Waals surface area contributed by atoms with Crippen LogP contribution in [0.3, 0.4) is 0 Å². The molecule has 0 fully saturated rings. The van der Waals surface area contributed by atoms with Crippen LogP contribution in [-0.2, 0) is 13.0 Å². The largest absolute Gasteiger partial charge is 0.491 e. The number of aliphatic imine (C=N–C) groups is 1. The normalized spacial score (nSPS) is 11.2. The Morgan fingerprint density at radius 2 is 2.04 bits per heavy atom. The molecule has 0 aliphatic rings. The van der Waals surface area contributed by atoms with Crippen molar-refractivity contribution < 1.29 is 9.15 Å². The van der Waals surface area contributed by atoms with E-state index in [4.69, 9.17) is 9.15 Å². The van der Waals surface area contributed by atoms with E-state index in [1.807, 2.05) is 56.3 Å². The molecule has 0 aliphatic heterocycles. The zero-order chi connectivity index (χ0) is 18.9. The summed E-state index contributed by atoms with van der Waals surface area (Å²) in [7, 11) is 0. The lowest BCUT2D eigenvalue weighted by Crippen LogP contribution is -2.32. The van der Waals surface area contributed by atoms with Crippen LogP contribution in [0.1, 0.15) is 25.3 Å². The molecule has 8 heteroatoms. The zero-order valence-electron chi connectivity index (χ0n) is 16.0. The lowest BCUT2D eigenvalue weighted by atomic mass is 10.3. The quantitative estimate of drug-likeness (QED) is 0.248. The van der Waals surface area contributed by atoms with Gasteiger partial charge in [-0.15, -0.1) is 24.0 Å². The Balaban J connectivity index is 0.00000280. The number of aromatic nitrogens is 2. The lowest BCUT2D eigenvalue weighted by molar-refractivity contribution is 0.242. The number of benzene rings is 1. The van der Waals surface area contributed by atoms with Gasteiger partial charge in [0.2, 0.25) is 0 Å². The molecule has 0 atom stereocenters. The number of hydrogen-bond donors (Lipinski definition) is 3. The van der Waals surface area contributed by atoms with Crippen LogP contribution in [0.4, 0.5) is 5.69 Å². The number of nitrogens with one attached hydrogen (secondary N) is 3. The van der Waals surface area contributed by atoms with Crippen molar-refractivity contribution in [3.63, 3.8) is 0 Å². The molecule has 0 saturated carbocycles. The molecular weight excluding hydrogens is 469 g/mol. The van der Waals surface area contributed by atoms with Gasteiger partial charge in [-0.1, -0.05) is 0 Å². The second-order valence-corrected chi connectivity index (χ2v) is 6.32. The Hall–Kier alpha value is -2.49. The van der Waals surface area contributed by atoms with Crippen molar-refractivity contribution in [3.05, 3.63) is 66.4 Å². The number of hydrogen-bond acceptors (Lipinski definition) is 4. The Morgan fingerprint density at radius 3 is 2.68 bits per heavy atom. The molecule has 3 N–H and O–H groups in total. The minimum atomic E-state index is 0. The maximum absolute atomic E-state index is 5.68. The number of ether oxygens (including phenoxy) is 1. The van der Waals surface area contributed by atoms with Crippen LogP contribution in [0.15, 0.2) is 64.3 Å². The molecule has 0 bridgehead atoms. The number of aromatic amines is 1. The van der Waals surface area contributed by atoms with Gasteiger partial charge in [-0.3, -0.25) is 5.10 Å². The Bertz CT molecular complexity index is 815. The second-order valence-electron chi connectivity index (χ2n) is 6.32. The standard InChI is InChI=1S/C20H25N5O2.HI/c1-15(2)27-19-7-5-16(6-8-19)24-20(22-14-17-9-12-23-25-17)21-11-10-18-4-3-13-26-18;/h3-9,12-13,15H,10-11,14H2,1-2H3,(H,23,25)(H2,21,22,24);1H. The van der Waals surface area contributed by atoms with E-state index >= 15 is 0 Å². The van der Waals surface area contributed by atoms with E-state index in [0.29, 0.717) is 19.0 Å². The monoisotopic (exact) mass is 495 g/mol. The summed E-state index contributed by atoms with van der Waals surface area (Å²) in [5.41, 5.74) is 1.88. The van der Waals surface area contributed by atoms with Gasteiger partial charge in [0, 0.05) is 24.8 Å². The number of rotatable bonds is 8. The average molecular weight is 495 g/mol. The first kappa shape index (κ1) is 21.8.